The number of benzene rings is 3. The quantitative estimate of drug-likeness (QED) is 0.473. The monoisotopic (exact) mass is 427 g/mol. The van der Waals surface area contributed by atoms with Crippen molar-refractivity contribution in [2.75, 3.05) is 20.3 Å². The molecule has 1 aliphatic rings. The summed E-state index contributed by atoms with van der Waals surface area (Å²) in [7, 11) is 1.40. The highest BCUT2D eigenvalue weighted by atomic mass is 16.5. The smallest absolute Gasteiger partial charge is 0.407 e. The minimum Gasteiger partial charge on any atom is -0.504 e. The van der Waals surface area contributed by atoms with Gasteiger partial charge in [0.2, 0.25) is 0 Å². The molecule has 0 heterocycles. The van der Waals surface area contributed by atoms with Crippen molar-refractivity contribution in [1.82, 2.24) is 5.32 Å². The van der Waals surface area contributed by atoms with Crippen molar-refractivity contribution in [3.8, 4) is 34.5 Å². The average molecular weight is 427 g/mol. The molecule has 0 spiro atoms. The lowest BCUT2D eigenvalue weighted by atomic mass is 9.98. The van der Waals surface area contributed by atoms with Crippen LogP contribution in [0.3, 0.4) is 0 Å². The predicted molar refractivity (Wildman–Crippen MR) is 120 cm³/mol. The second-order valence-corrected chi connectivity index (χ2v) is 7.21. The van der Waals surface area contributed by atoms with E-state index in [1.807, 2.05) is 24.3 Å². The van der Waals surface area contributed by atoms with Gasteiger partial charge in [-0.15, -0.1) is 0 Å². The normalized spacial score (nSPS) is 11.5. The van der Waals surface area contributed by atoms with Gasteiger partial charge in [-0.25, -0.2) is 4.79 Å². The Labute approximate surface area is 185 Å². The minimum absolute atomic E-state index is 0.0170. The number of hydrogen-bond donors (Lipinski definition) is 2. The number of phenolic OH excluding ortho intramolecular Hbond substituents is 1. The summed E-state index contributed by atoms with van der Waals surface area (Å²) in [6.07, 6.45) is 0.0552. The summed E-state index contributed by atoms with van der Waals surface area (Å²) in [5, 5.41) is 12.5. The molecule has 1 aliphatic carbocycles. The number of aldehydes is 1. The number of fused-ring (bicyclic) bond motifs is 3. The van der Waals surface area contributed by atoms with E-state index in [0.717, 1.165) is 22.3 Å². The van der Waals surface area contributed by atoms with E-state index in [4.69, 9.17) is 9.47 Å². The molecule has 0 atom stereocenters. The van der Waals surface area contributed by atoms with Gasteiger partial charge in [-0.2, -0.15) is 0 Å². The summed E-state index contributed by atoms with van der Waals surface area (Å²) in [5.74, 6) is 5.58. The van der Waals surface area contributed by atoms with Crippen molar-refractivity contribution in [1.29, 1.82) is 0 Å². The molecule has 4 rings (SSSR count). The Kier molecular flexibility index (Phi) is 6.09. The number of rotatable bonds is 5. The fourth-order valence-electron chi connectivity index (χ4n) is 3.86. The number of nitrogens with one attached hydrogen (secondary N) is 1. The number of ether oxygens (including phenoxy) is 2. The third-order valence-corrected chi connectivity index (χ3v) is 5.37. The Balaban J connectivity index is 1.37. The first-order valence-electron chi connectivity index (χ1n) is 10.1. The molecular formula is C26H21NO5. The maximum atomic E-state index is 12.2. The Morgan fingerprint density at radius 1 is 1.09 bits per heavy atom. The third-order valence-electron chi connectivity index (χ3n) is 5.37. The Hall–Kier alpha value is -4.24. The van der Waals surface area contributed by atoms with Gasteiger partial charge in [-0.3, -0.25) is 4.79 Å². The van der Waals surface area contributed by atoms with Gasteiger partial charge in [0.25, 0.3) is 0 Å². The van der Waals surface area contributed by atoms with Crippen molar-refractivity contribution in [3.05, 3.63) is 82.9 Å². The van der Waals surface area contributed by atoms with Crippen LogP contribution < -0.4 is 10.1 Å². The van der Waals surface area contributed by atoms with E-state index in [0.29, 0.717) is 11.8 Å². The second kappa shape index (κ2) is 9.27. The topological polar surface area (TPSA) is 84.9 Å². The van der Waals surface area contributed by atoms with Crippen molar-refractivity contribution in [2.45, 2.75) is 5.92 Å². The van der Waals surface area contributed by atoms with Gasteiger partial charge >= 0.3 is 6.09 Å². The van der Waals surface area contributed by atoms with Gasteiger partial charge in [-0.05, 0) is 28.3 Å². The molecule has 0 aromatic heterocycles. The largest absolute Gasteiger partial charge is 0.504 e. The molecule has 32 heavy (non-hydrogen) atoms. The van der Waals surface area contributed by atoms with Gasteiger partial charge in [0.15, 0.2) is 17.8 Å². The summed E-state index contributed by atoms with van der Waals surface area (Å²) in [5.41, 5.74) is 5.23. The second-order valence-electron chi connectivity index (χ2n) is 7.21. The lowest BCUT2D eigenvalue weighted by molar-refractivity contribution is 0.112. The zero-order valence-corrected chi connectivity index (χ0v) is 17.4. The summed E-state index contributed by atoms with van der Waals surface area (Å²) >= 11 is 0. The number of methoxy groups -OCH3 is 1. The van der Waals surface area contributed by atoms with Crippen LogP contribution in [0.1, 0.15) is 33.0 Å². The van der Waals surface area contributed by atoms with Crippen LogP contribution in [0.2, 0.25) is 0 Å². The Morgan fingerprint density at radius 2 is 1.75 bits per heavy atom. The standard InChI is InChI=1S/C26H21NO5/c1-31-25-14-18(15-28)17(13-24(25)29)7-6-12-27-26(30)32-16-23-21-10-4-2-8-19(21)20-9-3-5-11-22(20)23/h2-5,8-11,13-15,23,29H,12,16H2,1H3,(H,27,30). The van der Waals surface area contributed by atoms with Crippen LogP contribution in [-0.4, -0.2) is 37.7 Å². The first-order valence-corrected chi connectivity index (χ1v) is 10.1. The summed E-state index contributed by atoms with van der Waals surface area (Å²) in [4.78, 5) is 23.4. The zero-order chi connectivity index (χ0) is 22.5. The summed E-state index contributed by atoms with van der Waals surface area (Å²) < 4.78 is 10.4. The van der Waals surface area contributed by atoms with Crippen LogP contribution in [0, 0.1) is 11.8 Å². The van der Waals surface area contributed by atoms with E-state index in [1.165, 1.54) is 19.2 Å². The highest BCUT2D eigenvalue weighted by molar-refractivity contribution is 5.81. The van der Waals surface area contributed by atoms with Crippen molar-refractivity contribution < 1.29 is 24.2 Å². The molecule has 0 fully saturated rings. The van der Waals surface area contributed by atoms with Crippen LogP contribution in [0.25, 0.3) is 11.1 Å². The predicted octanol–water partition coefficient (Wildman–Crippen LogP) is 4.10. The van der Waals surface area contributed by atoms with Crippen LogP contribution in [0.5, 0.6) is 11.5 Å². The lowest BCUT2D eigenvalue weighted by Gasteiger charge is -2.14. The fraction of sp³-hybridized carbons (Fsp3) is 0.154. The number of aromatic hydroxyl groups is 1. The molecule has 3 aromatic carbocycles. The van der Waals surface area contributed by atoms with Crippen molar-refractivity contribution >= 4 is 12.4 Å². The van der Waals surface area contributed by atoms with Gasteiger partial charge in [0.05, 0.1) is 13.7 Å². The first-order chi connectivity index (χ1) is 15.6. The molecule has 0 unspecified atom stereocenters. The number of carbonyl (C=O) groups is 2. The molecule has 0 saturated carbocycles. The van der Waals surface area contributed by atoms with Gasteiger partial charge < -0.3 is 19.9 Å². The Bertz CT molecular complexity index is 1190. The first kappa shape index (κ1) is 21.0. The van der Waals surface area contributed by atoms with E-state index in [2.05, 4.69) is 41.4 Å². The number of phenols is 1. The minimum atomic E-state index is -0.575. The fourth-order valence-corrected chi connectivity index (χ4v) is 3.86. The molecular weight excluding hydrogens is 406 g/mol. The maximum absolute atomic E-state index is 12.2. The maximum Gasteiger partial charge on any atom is 0.407 e. The average Bonchev–Trinajstić information content (AvgIpc) is 3.14. The van der Waals surface area contributed by atoms with Gasteiger partial charge in [0.1, 0.15) is 6.61 Å². The van der Waals surface area contributed by atoms with E-state index in [-0.39, 0.29) is 36.1 Å². The zero-order valence-electron chi connectivity index (χ0n) is 17.4. The molecule has 6 heteroatoms. The Morgan fingerprint density at radius 3 is 2.38 bits per heavy atom. The van der Waals surface area contributed by atoms with Gasteiger partial charge in [-0.1, -0.05) is 60.4 Å². The molecule has 6 nitrogen and oxygen atoms in total. The van der Waals surface area contributed by atoms with Crippen molar-refractivity contribution in [2.24, 2.45) is 0 Å². The van der Waals surface area contributed by atoms with Gasteiger partial charge in [0, 0.05) is 23.1 Å². The van der Waals surface area contributed by atoms with E-state index >= 15 is 0 Å². The number of alkyl carbamates (subject to hydrolysis) is 1. The van der Waals surface area contributed by atoms with Crippen LogP contribution >= 0.6 is 0 Å². The number of carbonyl (C=O) groups excluding carboxylic acids is 2. The van der Waals surface area contributed by atoms with Crippen LogP contribution in [0.4, 0.5) is 4.79 Å². The van der Waals surface area contributed by atoms with E-state index in [9.17, 15) is 14.7 Å². The number of amides is 1. The van der Waals surface area contributed by atoms with Crippen LogP contribution in [0.15, 0.2) is 60.7 Å². The highest BCUT2D eigenvalue weighted by Crippen LogP contribution is 2.44. The molecule has 0 saturated heterocycles. The number of hydrogen-bond acceptors (Lipinski definition) is 5. The highest BCUT2D eigenvalue weighted by Gasteiger charge is 2.28. The molecule has 3 aromatic rings. The summed E-state index contributed by atoms with van der Waals surface area (Å²) in [6, 6.07) is 19.0. The van der Waals surface area contributed by atoms with Crippen molar-refractivity contribution in [3.63, 3.8) is 0 Å². The lowest BCUT2D eigenvalue weighted by Crippen LogP contribution is -2.26. The van der Waals surface area contributed by atoms with E-state index in [1.54, 1.807) is 0 Å². The summed E-state index contributed by atoms with van der Waals surface area (Å²) in [6.45, 7) is 0.247. The molecule has 2 N–H and O–H groups in total. The molecule has 0 radical (unpaired) electrons. The molecule has 0 aliphatic heterocycles. The van der Waals surface area contributed by atoms with E-state index < -0.39 is 6.09 Å². The molecule has 1 amide bonds. The van der Waals surface area contributed by atoms with Crippen LogP contribution in [-0.2, 0) is 4.74 Å². The third kappa shape index (κ3) is 4.14. The SMILES string of the molecule is COc1cc(C=O)c(C#CCNC(=O)OCC2c3ccccc3-c3ccccc32)cc1O. The molecule has 0 bridgehead atoms. The molecule has 160 valence electrons.